The Balaban J connectivity index is 1.10. The van der Waals surface area contributed by atoms with E-state index in [2.05, 4.69) is 209 Å². The van der Waals surface area contributed by atoms with E-state index < -0.39 is 21.4 Å². The SMILES string of the molecule is CNCCN(CCNCCNC(C)(C)C(C)(C)CC(C)(C)N(CCNS(=O)(=O)c1cccc(C2CN(C)Cc3c(Cl)cc(Cl)cc32)c1)CC(C)(C)N(CCN)CCNCCNC(C)C)C(C)(C)CN(CCN[S+]([O-])c1ccc(C2CN(C)Cc3c(Cl)cc(Cl)cc32)cc1)C(C)(C)CC(C)(C)C. The van der Waals surface area contributed by atoms with Crippen molar-refractivity contribution in [3.05, 3.63) is 126 Å². The van der Waals surface area contributed by atoms with Gasteiger partial charge in [-0.05, 0) is 196 Å². The van der Waals surface area contributed by atoms with Crippen LogP contribution in [-0.2, 0) is 34.5 Å². The number of halogens is 4. The number of sulfonamides is 1. The van der Waals surface area contributed by atoms with Gasteiger partial charge in [0, 0.05) is 203 Å². The van der Waals surface area contributed by atoms with E-state index in [1.165, 1.54) is 0 Å². The van der Waals surface area contributed by atoms with Crippen molar-refractivity contribution in [2.75, 3.05) is 152 Å². The minimum absolute atomic E-state index is 0.0977. The number of benzene rings is 4. The van der Waals surface area contributed by atoms with Gasteiger partial charge in [0.05, 0.1) is 22.8 Å². The van der Waals surface area contributed by atoms with Gasteiger partial charge in [0.25, 0.3) is 0 Å². The summed E-state index contributed by atoms with van der Waals surface area (Å²) in [6.07, 6.45) is 1.82. The first-order valence-electron chi connectivity index (χ1n) is 36.9. The van der Waals surface area contributed by atoms with Crippen molar-refractivity contribution in [1.82, 2.24) is 65.4 Å². The molecule has 4 aromatic carbocycles. The zero-order chi connectivity index (χ0) is 75.1. The maximum absolute atomic E-state index is 14.5. The molecule has 0 aromatic heterocycles. The van der Waals surface area contributed by atoms with Crippen molar-refractivity contribution in [2.24, 2.45) is 16.6 Å². The Morgan fingerprint density at radius 1 is 0.574 bits per heavy atom. The summed E-state index contributed by atoms with van der Waals surface area (Å²) in [4.78, 5) is 15.7. The molecule has 0 amide bonds. The van der Waals surface area contributed by atoms with Crippen molar-refractivity contribution in [3.63, 3.8) is 0 Å². The summed E-state index contributed by atoms with van der Waals surface area (Å²) in [5, 5.41) is 20.9. The van der Waals surface area contributed by atoms with Gasteiger partial charge >= 0.3 is 0 Å². The lowest BCUT2D eigenvalue weighted by molar-refractivity contribution is -0.00404. The summed E-state index contributed by atoms with van der Waals surface area (Å²) in [6.45, 7) is 55.7. The van der Waals surface area contributed by atoms with Crippen molar-refractivity contribution in [3.8, 4) is 0 Å². The first kappa shape index (κ1) is 87.6. The Morgan fingerprint density at radius 2 is 1.06 bits per heavy atom. The quantitative estimate of drug-likeness (QED) is 0.0154. The summed E-state index contributed by atoms with van der Waals surface area (Å²) in [5.41, 5.74) is 11.3. The van der Waals surface area contributed by atoms with Gasteiger partial charge < -0.3 is 46.7 Å². The second-order valence-corrected chi connectivity index (χ2v) is 38.8. The zero-order valence-corrected chi connectivity index (χ0v) is 70.1. The Morgan fingerprint density at radius 3 is 1.57 bits per heavy atom. The Kier molecular flexibility index (Phi) is 33.2. The molecule has 0 saturated carbocycles. The van der Waals surface area contributed by atoms with Gasteiger partial charge in [-0.25, -0.2) is 13.1 Å². The molecule has 3 unspecified atom stereocenters. The largest absolute Gasteiger partial charge is 0.593 e. The van der Waals surface area contributed by atoms with Crippen LogP contribution in [0.2, 0.25) is 20.1 Å². The van der Waals surface area contributed by atoms with E-state index in [-0.39, 0.29) is 61.8 Å². The monoisotopic (exact) mass is 1520 g/mol. The van der Waals surface area contributed by atoms with Crippen LogP contribution >= 0.6 is 46.4 Å². The molecule has 0 radical (unpaired) electrons. The molecule has 0 aliphatic carbocycles. The molecule has 0 fully saturated rings. The fourth-order valence-corrected chi connectivity index (χ4v) is 18.6. The van der Waals surface area contributed by atoms with Crippen LogP contribution in [0.1, 0.15) is 176 Å². The first-order chi connectivity index (χ1) is 47.0. The van der Waals surface area contributed by atoms with Crippen LogP contribution in [0, 0.1) is 10.8 Å². The average molecular weight is 1520 g/mol. The highest BCUT2D eigenvalue weighted by atomic mass is 35.5. The lowest BCUT2D eigenvalue weighted by atomic mass is 9.67. The molecule has 0 saturated heterocycles. The Hall–Kier alpha value is -2.26. The second kappa shape index (κ2) is 38.2. The highest BCUT2D eigenvalue weighted by Crippen LogP contribution is 2.43. The van der Waals surface area contributed by atoms with E-state index in [1.54, 1.807) is 12.1 Å². The number of nitrogens with two attached hydrogens (primary N) is 1. The van der Waals surface area contributed by atoms with E-state index in [1.807, 2.05) is 55.6 Å². The van der Waals surface area contributed by atoms with Crippen molar-refractivity contribution < 1.29 is 13.0 Å². The Bertz CT molecular complexity index is 3330. The highest BCUT2D eigenvalue weighted by molar-refractivity contribution is 7.89. The van der Waals surface area contributed by atoms with Gasteiger partial charge in [0.2, 0.25) is 10.0 Å². The number of fused-ring (bicyclic) bond motifs is 2. The van der Waals surface area contributed by atoms with Gasteiger partial charge in [0.15, 0.2) is 4.90 Å². The molecule has 572 valence electrons. The summed E-state index contributed by atoms with van der Waals surface area (Å²) in [6, 6.07) is 23.6. The summed E-state index contributed by atoms with van der Waals surface area (Å²) in [5.74, 6) is 0.00548. The molecular weight excluding hydrogens is 1390 g/mol. The number of hydrogen-bond donors (Lipinski definition) is 8. The van der Waals surface area contributed by atoms with E-state index in [0.717, 1.165) is 149 Å². The molecule has 2 aliphatic rings. The molecule has 2 aliphatic heterocycles. The van der Waals surface area contributed by atoms with Crippen LogP contribution in [0.25, 0.3) is 0 Å². The van der Waals surface area contributed by atoms with E-state index in [4.69, 9.17) is 52.1 Å². The minimum Gasteiger partial charge on any atom is -0.593 e. The van der Waals surface area contributed by atoms with E-state index in [0.29, 0.717) is 65.4 Å². The zero-order valence-electron chi connectivity index (χ0n) is 65.4. The minimum atomic E-state index is -3.92. The summed E-state index contributed by atoms with van der Waals surface area (Å²) < 4.78 is 49.4. The van der Waals surface area contributed by atoms with Crippen LogP contribution in [0.5, 0.6) is 0 Å². The lowest BCUT2D eigenvalue weighted by Gasteiger charge is -2.52. The fourth-order valence-electron chi connectivity index (χ4n) is 15.6. The molecule has 17 nitrogen and oxygen atoms in total. The third kappa shape index (κ3) is 26.0. The van der Waals surface area contributed by atoms with Gasteiger partial charge in [-0.1, -0.05) is 119 Å². The Labute approximate surface area is 635 Å². The molecule has 6 rings (SSSR count). The normalized spacial score (nSPS) is 16.9. The summed E-state index contributed by atoms with van der Waals surface area (Å²) >= 11 is 25.1. The van der Waals surface area contributed by atoms with Crippen molar-refractivity contribution >= 4 is 67.8 Å². The predicted octanol–water partition coefficient (Wildman–Crippen LogP) is 11.9. The molecule has 23 heteroatoms. The van der Waals surface area contributed by atoms with Crippen LogP contribution in [0.4, 0.5) is 0 Å². The molecular formula is C78H132Cl4N14O3S2. The third-order valence-electron chi connectivity index (χ3n) is 21.3. The number of nitrogens with one attached hydrogen (secondary N) is 7. The number of nitrogens with zero attached hydrogens (tertiary/aromatic N) is 6. The van der Waals surface area contributed by atoms with Crippen LogP contribution < -0.4 is 41.8 Å². The van der Waals surface area contributed by atoms with Crippen molar-refractivity contribution in [2.45, 2.75) is 199 Å². The molecule has 4 aromatic rings. The van der Waals surface area contributed by atoms with E-state index in [9.17, 15) is 13.0 Å². The molecule has 3 atom stereocenters. The standard InChI is InChI=1S/C78H132Cl4N14O3S2/c1-57(2)87-31-29-85-34-40-93(38-28-83)76(12,13)55-96(43-37-90-101(98,99)63-23-21-22-59(44-63)67-50-92(20)52-69-65(67)46-61(80)48-71(69)82)75(10,11)54-73(6,7)78(16,17)88-32-30-86-35-41-94(39-33-84-18)77(14,15)56-95(74(8,9)53-72(3,4)5)42-36-89-100(97)62-26-24-58(25-27-62)66-49-91(19)51-68-64(66)45-60(79)47-70(68)81/h21-27,44-48,57,66-67,84-90H,28-43,49-56,83H2,1-20H3. The molecule has 0 bridgehead atoms. The summed E-state index contributed by atoms with van der Waals surface area (Å²) in [7, 11) is 2.28. The lowest BCUT2D eigenvalue weighted by Crippen LogP contribution is -2.62. The topological polar surface area (TPSA) is 187 Å². The number of rotatable bonds is 43. The van der Waals surface area contributed by atoms with Gasteiger partial charge in [-0.3, -0.25) is 19.6 Å². The maximum atomic E-state index is 14.5. The molecule has 101 heavy (non-hydrogen) atoms. The van der Waals surface area contributed by atoms with E-state index >= 15 is 0 Å². The third-order valence-corrected chi connectivity index (χ3v) is 25.1. The molecule has 0 spiro atoms. The smallest absolute Gasteiger partial charge is 0.240 e. The molecule has 9 N–H and O–H groups in total. The predicted molar refractivity (Wildman–Crippen MR) is 431 cm³/mol. The molecule has 2 heterocycles. The fraction of sp³-hybridized carbons (Fsp3) is 0.692. The maximum Gasteiger partial charge on any atom is 0.240 e. The number of hydrogen-bond acceptors (Lipinski definition) is 16. The first-order valence-corrected chi connectivity index (χ1v) is 41.1. The van der Waals surface area contributed by atoms with Crippen LogP contribution in [0.3, 0.4) is 0 Å². The highest BCUT2D eigenvalue weighted by Gasteiger charge is 2.45. The van der Waals surface area contributed by atoms with Crippen LogP contribution in [-0.4, -0.2) is 228 Å². The number of likely N-dealkylation sites (N-methyl/N-ethyl adjacent to an activating group) is 3. The average Bonchev–Trinajstić information content (AvgIpc) is 0.787. The second-order valence-electron chi connectivity index (χ2n) is 34.0. The van der Waals surface area contributed by atoms with Gasteiger partial charge in [0.1, 0.15) is 0 Å². The van der Waals surface area contributed by atoms with Crippen molar-refractivity contribution in [1.29, 1.82) is 0 Å². The van der Waals surface area contributed by atoms with Gasteiger partial charge in [-0.2, -0.15) is 0 Å². The van der Waals surface area contributed by atoms with Gasteiger partial charge in [-0.15, -0.1) is 4.72 Å². The van der Waals surface area contributed by atoms with Crippen LogP contribution in [0.15, 0.2) is 82.6 Å².